The SMILES string of the molecule is Clc1ccc2c(c1)C(SCCN1CCOCC1)Cc1ccccc1S2. The number of halogens is 1. The smallest absolute Gasteiger partial charge is 0.0594 e. The molecular formula is C20H22ClNOS2. The van der Waals surface area contributed by atoms with Gasteiger partial charge in [-0.2, -0.15) is 11.8 Å². The number of nitrogens with zero attached hydrogens (tertiary/aromatic N) is 1. The van der Waals surface area contributed by atoms with Gasteiger partial charge in [0.1, 0.15) is 0 Å². The summed E-state index contributed by atoms with van der Waals surface area (Å²) in [7, 11) is 0. The zero-order valence-electron chi connectivity index (χ0n) is 14.1. The Kier molecular flexibility index (Phi) is 5.94. The fourth-order valence-electron chi connectivity index (χ4n) is 3.36. The Morgan fingerprint density at radius 2 is 1.96 bits per heavy atom. The molecule has 1 saturated heterocycles. The maximum Gasteiger partial charge on any atom is 0.0594 e. The van der Waals surface area contributed by atoms with E-state index in [0.29, 0.717) is 5.25 Å². The van der Waals surface area contributed by atoms with E-state index in [9.17, 15) is 0 Å². The summed E-state index contributed by atoms with van der Waals surface area (Å²) in [5.41, 5.74) is 2.84. The minimum atomic E-state index is 0.464. The standard InChI is InChI=1S/C20H22ClNOS2/c21-16-5-6-19-17(14-16)20(13-15-3-1-2-4-18(15)25-19)24-12-9-22-7-10-23-11-8-22/h1-6,14,20H,7-13H2. The van der Waals surface area contributed by atoms with Gasteiger partial charge in [0, 0.05) is 45.5 Å². The predicted octanol–water partition coefficient (Wildman–Crippen LogP) is 5.15. The Bertz CT molecular complexity index is 733. The Morgan fingerprint density at radius 3 is 2.84 bits per heavy atom. The topological polar surface area (TPSA) is 12.5 Å². The molecule has 2 nitrogen and oxygen atoms in total. The fourth-order valence-corrected chi connectivity index (χ4v) is 6.06. The van der Waals surface area contributed by atoms with Crippen molar-refractivity contribution in [2.45, 2.75) is 21.5 Å². The maximum absolute atomic E-state index is 6.32. The molecule has 0 spiro atoms. The number of hydrogen-bond acceptors (Lipinski definition) is 4. The van der Waals surface area contributed by atoms with E-state index in [1.165, 1.54) is 20.9 Å². The van der Waals surface area contributed by atoms with Gasteiger partial charge in [-0.15, -0.1) is 0 Å². The first-order valence-corrected chi connectivity index (χ1v) is 11.0. The minimum Gasteiger partial charge on any atom is -0.379 e. The maximum atomic E-state index is 6.32. The highest BCUT2D eigenvalue weighted by atomic mass is 35.5. The molecule has 132 valence electrons. The predicted molar refractivity (Wildman–Crippen MR) is 108 cm³/mol. The summed E-state index contributed by atoms with van der Waals surface area (Å²) in [4.78, 5) is 5.23. The second-order valence-electron chi connectivity index (χ2n) is 6.41. The third-order valence-corrected chi connectivity index (χ3v) is 7.43. The van der Waals surface area contributed by atoms with Gasteiger partial charge in [0.25, 0.3) is 0 Å². The zero-order valence-corrected chi connectivity index (χ0v) is 16.5. The highest BCUT2D eigenvalue weighted by molar-refractivity contribution is 8.00. The van der Waals surface area contributed by atoms with Crippen molar-refractivity contribution in [1.82, 2.24) is 4.90 Å². The molecule has 1 atom stereocenters. The van der Waals surface area contributed by atoms with Gasteiger partial charge in [-0.1, -0.05) is 41.6 Å². The van der Waals surface area contributed by atoms with Crippen LogP contribution in [-0.4, -0.2) is 43.5 Å². The van der Waals surface area contributed by atoms with Gasteiger partial charge in [-0.25, -0.2) is 0 Å². The minimum absolute atomic E-state index is 0.464. The van der Waals surface area contributed by atoms with Crippen molar-refractivity contribution in [3.05, 3.63) is 58.6 Å². The zero-order chi connectivity index (χ0) is 17.1. The molecule has 25 heavy (non-hydrogen) atoms. The van der Waals surface area contributed by atoms with Gasteiger partial charge in [-0.05, 0) is 41.8 Å². The summed E-state index contributed by atoms with van der Waals surface area (Å²) in [6.07, 6.45) is 1.07. The van der Waals surface area contributed by atoms with Gasteiger partial charge < -0.3 is 4.74 Å². The highest BCUT2D eigenvalue weighted by Crippen LogP contribution is 2.46. The van der Waals surface area contributed by atoms with Crippen LogP contribution in [0.15, 0.2) is 52.3 Å². The second-order valence-corrected chi connectivity index (χ2v) is 9.24. The van der Waals surface area contributed by atoms with Gasteiger partial charge in [0.2, 0.25) is 0 Å². The van der Waals surface area contributed by atoms with E-state index in [1.54, 1.807) is 0 Å². The summed E-state index contributed by atoms with van der Waals surface area (Å²) in [5.74, 6) is 1.14. The average Bonchev–Trinajstić information content (AvgIpc) is 2.79. The van der Waals surface area contributed by atoms with Crippen LogP contribution in [-0.2, 0) is 11.2 Å². The molecule has 0 aromatic heterocycles. The molecule has 0 bridgehead atoms. The van der Waals surface area contributed by atoms with Crippen molar-refractivity contribution in [2.75, 3.05) is 38.6 Å². The molecule has 0 aliphatic carbocycles. The summed E-state index contributed by atoms with van der Waals surface area (Å²) < 4.78 is 5.45. The van der Waals surface area contributed by atoms with E-state index in [4.69, 9.17) is 16.3 Å². The Morgan fingerprint density at radius 1 is 1.12 bits per heavy atom. The van der Waals surface area contributed by atoms with Crippen LogP contribution in [0, 0.1) is 0 Å². The van der Waals surface area contributed by atoms with Crippen LogP contribution in [0.5, 0.6) is 0 Å². The largest absolute Gasteiger partial charge is 0.379 e. The van der Waals surface area contributed by atoms with Crippen molar-refractivity contribution in [3.8, 4) is 0 Å². The first-order chi connectivity index (χ1) is 12.3. The van der Waals surface area contributed by atoms with Crippen LogP contribution in [0.25, 0.3) is 0 Å². The summed E-state index contributed by atoms with van der Waals surface area (Å²) in [6, 6.07) is 15.1. The van der Waals surface area contributed by atoms with E-state index in [2.05, 4.69) is 53.1 Å². The second kappa shape index (κ2) is 8.36. The molecule has 1 unspecified atom stereocenters. The Hall–Kier alpha value is -0.650. The fraction of sp³-hybridized carbons (Fsp3) is 0.400. The highest BCUT2D eigenvalue weighted by Gasteiger charge is 2.23. The lowest BCUT2D eigenvalue weighted by Gasteiger charge is -2.27. The van der Waals surface area contributed by atoms with Gasteiger partial charge >= 0.3 is 0 Å². The molecule has 2 heterocycles. The molecule has 2 aliphatic rings. The van der Waals surface area contributed by atoms with Crippen LogP contribution in [0.3, 0.4) is 0 Å². The lowest BCUT2D eigenvalue weighted by atomic mass is 10.0. The van der Waals surface area contributed by atoms with Crippen LogP contribution < -0.4 is 0 Å². The third-order valence-electron chi connectivity index (χ3n) is 4.75. The quantitative estimate of drug-likeness (QED) is 0.713. The van der Waals surface area contributed by atoms with Crippen LogP contribution in [0.2, 0.25) is 5.02 Å². The van der Waals surface area contributed by atoms with E-state index in [0.717, 1.165) is 50.0 Å². The Balaban J connectivity index is 1.52. The van der Waals surface area contributed by atoms with Gasteiger partial charge in [0.05, 0.1) is 13.2 Å². The molecule has 0 saturated carbocycles. The lowest BCUT2D eigenvalue weighted by molar-refractivity contribution is 0.0410. The number of benzene rings is 2. The molecule has 2 aromatic rings. The van der Waals surface area contributed by atoms with Gasteiger partial charge in [0.15, 0.2) is 0 Å². The molecule has 1 fully saturated rings. The molecule has 5 heteroatoms. The number of rotatable bonds is 4. The molecule has 0 N–H and O–H groups in total. The van der Waals surface area contributed by atoms with Crippen molar-refractivity contribution in [3.63, 3.8) is 0 Å². The lowest BCUT2D eigenvalue weighted by Crippen LogP contribution is -2.37. The third kappa shape index (κ3) is 4.37. The first-order valence-electron chi connectivity index (χ1n) is 8.76. The molecule has 0 amide bonds. The number of fused-ring (bicyclic) bond motifs is 2. The van der Waals surface area contributed by atoms with Crippen LogP contribution in [0.4, 0.5) is 0 Å². The number of ether oxygens (including phenoxy) is 1. The van der Waals surface area contributed by atoms with E-state index >= 15 is 0 Å². The summed E-state index contributed by atoms with van der Waals surface area (Å²) in [5, 5.41) is 1.30. The summed E-state index contributed by atoms with van der Waals surface area (Å²) >= 11 is 10.3. The van der Waals surface area contributed by atoms with E-state index in [-0.39, 0.29) is 0 Å². The van der Waals surface area contributed by atoms with E-state index < -0.39 is 0 Å². The summed E-state index contributed by atoms with van der Waals surface area (Å²) in [6.45, 7) is 5.00. The number of hydrogen-bond donors (Lipinski definition) is 0. The molecule has 0 radical (unpaired) electrons. The number of morpholine rings is 1. The van der Waals surface area contributed by atoms with Crippen molar-refractivity contribution in [1.29, 1.82) is 0 Å². The monoisotopic (exact) mass is 391 g/mol. The Labute approximate surface area is 163 Å². The van der Waals surface area contributed by atoms with Crippen LogP contribution in [0.1, 0.15) is 16.4 Å². The molecule has 2 aliphatic heterocycles. The van der Waals surface area contributed by atoms with Crippen molar-refractivity contribution >= 4 is 35.1 Å². The normalized spacial score (nSPS) is 20.6. The molecule has 4 rings (SSSR count). The van der Waals surface area contributed by atoms with Crippen LogP contribution >= 0.6 is 35.1 Å². The van der Waals surface area contributed by atoms with Crippen molar-refractivity contribution in [2.24, 2.45) is 0 Å². The average molecular weight is 392 g/mol. The molecular weight excluding hydrogens is 370 g/mol. The number of thioether (sulfide) groups is 1. The van der Waals surface area contributed by atoms with Gasteiger partial charge in [-0.3, -0.25) is 4.90 Å². The first kappa shape index (κ1) is 17.7. The van der Waals surface area contributed by atoms with Crippen molar-refractivity contribution < 1.29 is 4.74 Å². The van der Waals surface area contributed by atoms with E-state index in [1.807, 2.05) is 17.8 Å². The molecule has 2 aromatic carbocycles.